The first-order valence-electron chi connectivity index (χ1n) is 7.72. The molecule has 0 saturated heterocycles. The molecule has 1 nitrogen and oxygen atoms in total. The van der Waals surface area contributed by atoms with Gasteiger partial charge < -0.3 is 0 Å². The molecule has 0 radical (unpaired) electrons. The highest BCUT2D eigenvalue weighted by molar-refractivity contribution is 5.62. The van der Waals surface area contributed by atoms with Crippen molar-refractivity contribution in [1.82, 2.24) is 0 Å². The lowest BCUT2D eigenvalue weighted by Crippen LogP contribution is -2.31. The van der Waals surface area contributed by atoms with Crippen molar-refractivity contribution in [3.63, 3.8) is 0 Å². The van der Waals surface area contributed by atoms with E-state index >= 15 is 0 Å². The van der Waals surface area contributed by atoms with Gasteiger partial charge in [-0.3, -0.25) is 0 Å². The molecule has 0 N–H and O–H groups in total. The van der Waals surface area contributed by atoms with E-state index in [9.17, 15) is 0 Å². The fourth-order valence-electron chi connectivity index (χ4n) is 3.47. The highest BCUT2D eigenvalue weighted by Gasteiger charge is 2.21. The van der Waals surface area contributed by atoms with Gasteiger partial charge in [0.15, 0.2) is 6.20 Å². The minimum absolute atomic E-state index is 0.778. The van der Waals surface area contributed by atoms with Gasteiger partial charge in [-0.05, 0) is 49.8 Å². The maximum Gasteiger partial charge on any atom is 0.212 e. The topological polar surface area (TPSA) is 3.88 Å². The molecule has 1 aromatic carbocycles. The van der Waals surface area contributed by atoms with Gasteiger partial charge in [0.05, 0.1) is 0 Å². The predicted octanol–water partition coefficient (Wildman–Crippen LogP) is 4.45. The molecule has 1 heterocycles. The van der Waals surface area contributed by atoms with Crippen LogP contribution in [0.3, 0.4) is 0 Å². The third-order valence-electron chi connectivity index (χ3n) is 4.66. The van der Waals surface area contributed by atoms with Gasteiger partial charge in [0.1, 0.15) is 7.05 Å². The van der Waals surface area contributed by atoms with Crippen LogP contribution in [0.15, 0.2) is 36.5 Å². The molecule has 1 saturated carbocycles. The van der Waals surface area contributed by atoms with Crippen LogP contribution in [-0.4, -0.2) is 0 Å². The van der Waals surface area contributed by atoms with Crippen molar-refractivity contribution >= 4 is 0 Å². The van der Waals surface area contributed by atoms with E-state index in [0.717, 1.165) is 5.92 Å². The predicted molar refractivity (Wildman–Crippen MR) is 83.7 cm³/mol. The highest BCUT2D eigenvalue weighted by Crippen LogP contribution is 2.35. The summed E-state index contributed by atoms with van der Waals surface area (Å²) < 4.78 is 2.25. The second-order valence-electron chi connectivity index (χ2n) is 6.26. The van der Waals surface area contributed by atoms with Crippen molar-refractivity contribution in [1.29, 1.82) is 0 Å². The summed E-state index contributed by atoms with van der Waals surface area (Å²) in [6, 6.07) is 11.5. The van der Waals surface area contributed by atoms with Gasteiger partial charge in [-0.1, -0.05) is 30.5 Å². The first-order valence-corrected chi connectivity index (χ1v) is 7.72. The number of nitrogens with zero attached hydrogens (tertiary/aromatic N) is 1. The van der Waals surface area contributed by atoms with E-state index in [-0.39, 0.29) is 0 Å². The van der Waals surface area contributed by atoms with Crippen LogP contribution in [0.5, 0.6) is 0 Å². The Kier molecular flexibility index (Phi) is 3.60. The van der Waals surface area contributed by atoms with Crippen molar-refractivity contribution < 1.29 is 4.57 Å². The molecule has 1 aliphatic carbocycles. The molecular formula is C19H24N+. The molecule has 0 spiro atoms. The minimum atomic E-state index is 0.778. The van der Waals surface area contributed by atoms with Crippen molar-refractivity contribution in [2.75, 3.05) is 0 Å². The standard InChI is InChI=1S/C19H24N/c1-14-8-9-18(15(2)12-14)19-13-17(10-11-20(19)3)16-6-4-5-7-16/h8-13,16H,4-7H2,1-3H3/q+1. The Morgan fingerprint density at radius 1 is 1.00 bits per heavy atom. The van der Waals surface area contributed by atoms with E-state index in [1.54, 1.807) is 0 Å². The zero-order chi connectivity index (χ0) is 14.1. The summed E-state index contributed by atoms with van der Waals surface area (Å²) >= 11 is 0. The monoisotopic (exact) mass is 266 g/mol. The Labute approximate surface area is 122 Å². The van der Waals surface area contributed by atoms with Gasteiger partial charge in [-0.2, -0.15) is 0 Å². The third-order valence-corrected chi connectivity index (χ3v) is 4.66. The van der Waals surface area contributed by atoms with Crippen molar-refractivity contribution in [3.8, 4) is 11.3 Å². The SMILES string of the molecule is Cc1ccc(-c2cc(C3CCCC3)cc[n+]2C)c(C)c1. The van der Waals surface area contributed by atoms with Gasteiger partial charge in [0, 0.05) is 17.7 Å². The summed E-state index contributed by atoms with van der Waals surface area (Å²) in [6.45, 7) is 4.37. The van der Waals surface area contributed by atoms with E-state index < -0.39 is 0 Å². The maximum absolute atomic E-state index is 2.41. The van der Waals surface area contributed by atoms with Crippen LogP contribution in [-0.2, 0) is 7.05 Å². The van der Waals surface area contributed by atoms with E-state index in [1.165, 1.54) is 53.6 Å². The molecule has 104 valence electrons. The van der Waals surface area contributed by atoms with Crippen LogP contribution in [0.2, 0.25) is 0 Å². The Hall–Kier alpha value is -1.63. The van der Waals surface area contributed by atoms with Crippen LogP contribution in [0.1, 0.15) is 48.3 Å². The van der Waals surface area contributed by atoms with E-state index in [2.05, 4.69) is 62.0 Å². The molecule has 20 heavy (non-hydrogen) atoms. The minimum Gasteiger partial charge on any atom is -0.201 e. The quantitative estimate of drug-likeness (QED) is 0.707. The lowest BCUT2D eigenvalue weighted by atomic mass is 9.95. The summed E-state index contributed by atoms with van der Waals surface area (Å²) in [5, 5.41) is 0. The highest BCUT2D eigenvalue weighted by atomic mass is 14.9. The van der Waals surface area contributed by atoms with Crippen LogP contribution in [0, 0.1) is 13.8 Å². The molecule has 0 bridgehead atoms. The van der Waals surface area contributed by atoms with Crippen molar-refractivity contribution in [2.24, 2.45) is 7.05 Å². The summed E-state index contributed by atoms with van der Waals surface area (Å²) in [5.74, 6) is 0.778. The molecule has 1 aromatic heterocycles. The fraction of sp³-hybridized carbons (Fsp3) is 0.421. The zero-order valence-corrected chi connectivity index (χ0v) is 12.8. The van der Waals surface area contributed by atoms with Crippen molar-refractivity contribution in [3.05, 3.63) is 53.2 Å². The van der Waals surface area contributed by atoms with Gasteiger partial charge in [0.2, 0.25) is 5.69 Å². The summed E-state index contributed by atoms with van der Waals surface area (Å²) in [4.78, 5) is 0. The van der Waals surface area contributed by atoms with Gasteiger partial charge >= 0.3 is 0 Å². The number of benzene rings is 1. The van der Waals surface area contributed by atoms with E-state index in [4.69, 9.17) is 0 Å². The second-order valence-corrected chi connectivity index (χ2v) is 6.26. The Morgan fingerprint density at radius 3 is 2.45 bits per heavy atom. The normalized spacial score (nSPS) is 15.8. The molecule has 2 aromatic rings. The Morgan fingerprint density at radius 2 is 1.75 bits per heavy atom. The molecule has 0 unspecified atom stereocenters. The molecule has 0 aliphatic heterocycles. The van der Waals surface area contributed by atoms with Crippen LogP contribution in [0.4, 0.5) is 0 Å². The smallest absolute Gasteiger partial charge is 0.201 e. The molecule has 0 atom stereocenters. The molecule has 1 heteroatoms. The number of pyridine rings is 1. The first-order chi connectivity index (χ1) is 9.65. The number of hydrogen-bond donors (Lipinski definition) is 0. The zero-order valence-electron chi connectivity index (χ0n) is 12.8. The average Bonchev–Trinajstić information content (AvgIpc) is 2.94. The molecular weight excluding hydrogens is 242 g/mol. The molecule has 0 amide bonds. The fourth-order valence-corrected chi connectivity index (χ4v) is 3.47. The summed E-state index contributed by atoms with van der Waals surface area (Å²) in [7, 11) is 2.15. The second kappa shape index (κ2) is 5.40. The number of aryl methyl sites for hydroxylation is 3. The number of rotatable bonds is 2. The first kappa shape index (κ1) is 13.4. The van der Waals surface area contributed by atoms with Crippen LogP contribution in [0.25, 0.3) is 11.3 Å². The summed E-state index contributed by atoms with van der Waals surface area (Å²) in [6.07, 6.45) is 7.73. The largest absolute Gasteiger partial charge is 0.212 e. The number of aromatic nitrogens is 1. The average molecular weight is 266 g/mol. The van der Waals surface area contributed by atoms with E-state index in [0.29, 0.717) is 0 Å². The van der Waals surface area contributed by atoms with Crippen molar-refractivity contribution in [2.45, 2.75) is 45.4 Å². The molecule has 1 aliphatic rings. The Bertz CT molecular complexity index is 622. The lowest BCUT2D eigenvalue weighted by molar-refractivity contribution is -0.660. The lowest BCUT2D eigenvalue weighted by Gasteiger charge is -2.11. The molecule has 3 rings (SSSR count). The van der Waals surface area contributed by atoms with Crippen LogP contribution >= 0.6 is 0 Å². The molecule has 1 fully saturated rings. The van der Waals surface area contributed by atoms with E-state index in [1.807, 2.05) is 0 Å². The number of hydrogen-bond acceptors (Lipinski definition) is 0. The van der Waals surface area contributed by atoms with Gasteiger partial charge in [-0.25, -0.2) is 4.57 Å². The van der Waals surface area contributed by atoms with Crippen LogP contribution < -0.4 is 4.57 Å². The summed E-state index contributed by atoms with van der Waals surface area (Å²) in [5.41, 5.74) is 6.92. The van der Waals surface area contributed by atoms with Gasteiger partial charge in [-0.15, -0.1) is 0 Å². The Balaban J connectivity index is 2.05. The van der Waals surface area contributed by atoms with Gasteiger partial charge in [0.25, 0.3) is 0 Å². The third kappa shape index (κ3) is 2.49. The maximum atomic E-state index is 2.41.